The zero-order chi connectivity index (χ0) is 17.4. The van der Waals surface area contributed by atoms with Gasteiger partial charge in [0.05, 0.1) is 11.0 Å². The average molecular weight is 337 g/mol. The molecule has 1 aromatic heterocycles. The fourth-order valence-corrected chi connectivity index (χ4v) is 3.23. The van der Waals surface area contributed by atoms with Crippen LogP contribution in [0.4, 0.5) is 10.1 Å². The summed E-state index contributed by atoms with van der Waals surface area (Å²) in [5.41, 5.74) is 3.06. The summed E-state index contributed by atoms with van der Waals surface area (Å²) < 4.78 is 13.3. The Bertz CT molecular complexity index is 1030. The number of fused-ring (bicyclic) bond motifs is 2. The number of aryl methyl sites for hydroxylation is 1. The molecule has 1 aliphatic rings. The molecule has 3 aromatic rings. The molecular formula is C19H16FN3O2. The van der Waals surface area contributed by atoms with Crippen molar-refractivity contribution in [2.24, 2.45) is 0 Å². The summed E-state index contributed by atoms with van der Waals surface area (Å²) in [6.45, 7) is 0.541. The number of hydrogen-bond donors (Lipinski definition) is 1. The normalized spacial score (nSPS) is 13.2. The van der Waals surface area contributed by atoms with Gasteiger partial charge in [-0.1, -0.05) is 12.1 Å². The molecule has 2 aromatic carbocycles. The summed E-state index contributed by atoms with van der Waals surface area (Å²) in [5, 5.41) is 0. The maximum Gasteiger partial charge on any atom is 0.270 e. The van der Waals surface area contributed by atoms with Gasteiger partial charge in [-0.05, 0) is 42.3 Å². The Hall–Kier alpha value is -3.02. The monoisotopic (exact) mass is 337 g/mol. The molecule has 0 spiro atoms. The maximum atomic E-state index is 13.3. The molecule has 25 heavy (non-hydrogen) atoms. The molecule has 2 heterocycles. The molecule has 4 rings (SSSR count). The minimum Gasteiger partial charge on any atom is -0.319 e. The number of nitrogens with zero attached hydrogens (tertiary/aromatic N) is 2. The molecule has 0 bridgehead atoms. The van der Waals surface area contributed by atoms with Crippen LogP contribution in [0.1, 0.15) is 17.7 Å². The molecule has 0 atom stereocenters. The highest BCUT2D eigenvalue weighted by atomic mass is 19.1. The Labute approximate surface area is 143 Å². The minimum atomic E-state index is -0.292. The van der Waals surface area contributed by atoms with Crippen LogP contribution in [-0.4, -0.2) is 22.4 Å². The van der Waals surface area contributed by atoms with Crippen molar-refractivity contribution in [1.82, 2.24) is 9.97 Å². The quantitative estimate of drug-likeness (QED) is 0.799. The van der Waals surface area contributed by atoms with Crippen molar-refractivity contribution < 1.29 is 9.18 Å². The molecule has 0 unspecified atom stereocenters. The number of rotatable bonds is 3. The van der Waals surface area contributed by atoms with Gasteiger partial charge in [-0.2, -0.15) is 0 Å². The molecule has 0 saturated heterocycles. The third kappa shape index (κ3) is 2.91. The van der Waals surface area contributed by atoms with E-state index in [0.717, 1.165) is 11.3 Å². The van der Waals surface area contributed by atoms with Gasteiger partial charge in [0, 0.05) is 25.1 Å². The first-order valence-electron chi connectivity index (χ1n) is 8.18. The van der Waals surface area contributed by atoms with Crippen molar-refractivity contribution in [2.75, 3.05) is 11.4 Å². The Kier molecular flexibility index (Phi) is 3.80. The van der Waals surface area contributed by atoms with Gasteiger partial charge in [0.2, 0.25) is 5.91 Å². The van der Waals surface area contributed by atoms with E-state index >= 15 is 0 Å². The third-order valence-electron chi connectivity index (χ3n) is 4.48. The van der Waals surface area contributed by atoms with Gasteiger partial charge in [-0.15, -0.1) is 0 Å². The zero-order valence-corrected chi connectivity index (χ0v) is 13.5. The highest BCUT2D eigenvalue weighted by Gasteiger charge is 2.24. The number of carbonyl (C=O) groups excluding carboxylic acids is 1. The van der Waals surface area contributed by atoms with E-state index in [2.05, 4.69) is 9.97 Å². The van der Waals surface area contributed by atoms with Crippen molar-refractivity contribution in [3.63, 3.8) is 0 Å². The molecule has 126 valence electrons. The lowest BCUT2D eigenvalue weighted by molar-refractivity contribution is -0.118. The van der Waals surface area contributed by atoms with Gasteiger partial charge in [-0.3, -0.25) is 9.59 Å². The van der Waals surface area contributed by atoms with E-state index in [-0.39, 0.29) is 30.1 Å². The summed E-state index contributed by atoms with van der Waals surface area (Å²) in [4.78, 5) is 33.5. The van der Waals surface area contributed by atoms with E-state index < -0.39 is 0 Å². The van der Waals surface area contributed by atoms with E-state index in [9.17, 15) is 14.0 Å². The van der Waals surface area contributed by atoms with Gasteiger partial charge >= 0.3 is 0 Å². The van der Waals surface area contributed by atoms with Crippen molar-refractivity contribution in [1.29, 1.82) is 0 Å². The predicted octanol–water partition coefficient (Wildman–Crippen LogP) is 2.58. The smallest absolute Gasteiger partial charge is 0.270 e. The Morgan fingerprint density at radius 3 is 2.96 bits per heavy atom. The molecule has 0 saturated carbocycles. The highest BCUT2D eigenvalue weighted by molar-refractivity contribution is 5.95. The number of nitrogens with one attached hydrogen (secondary N) is 1. The van der Waals surface area contributed by atoms with E-state index in [1.807, 2.05) is 18.2 Å². The lowest BCUT2D eigenvalue weighted by atomic mass is 10.1. The molecule has 1 aliphatic heterocycles. The van der Waals surface area contributed by atoms with Crippen LogP contribution < -0.4 is 10.5 Å². The van der Waals surface area contributed by atoms with Gasteiger partial charge < -0.3 is 9.88 Å². The van der Waals surface area contributed by atoms with Crippen molar-refractivity contribution in [3.05, 3.63) is 69.9 Å². The second kappa shape index (κ2) is 6.12. The fourth-order valence-electron chi connectivity index (χ4n) is 3.23. The van der Waals surface area contributed by atoms with Crippen LogP contribution >= 0.6 is 0 Å². The number of carbonyl (C=O) groups is 1. The number of aromatic nitrogens is 2. The van der Waals surface area contributed by atoms with Crippen molar-refractivity contribution >= 4 is 22.6 Å². The number of benzene rings is 2. The number of amides is 1. The summed E-state index contributed by atoms with van der Waals surface area (Å²) in [6, 6.07) is 11.8. The lowest BCUT2D eigenvalue weighted by Crippen LogP contribution is -2.29. The Morgan fingerprint density at radius 1 is 1.24 bits per heavy atom. The van der Waals surface area contributed by atoms with E-state index in [0.29, 0.717) is 29.7 Å². The second-order valence-corrected chi connectivity index (χ2v) is 6.10. The van der Waals surface area contributed by atoms with Crippen LogP contribution in [0.3, 0.4) is 0 Å². The standard InChI is InChI=1S/C19H16FN3O2/c20-13-5-7-17-12(11-13)9-10-23(17)18(24)8-6-16-19(25)22-15-4-2-1-3-14(15)21-16/h1-5,7,11H,6,8-10H2,(H,22,25). The van der Waals surface area contributed by atoms with Crippen LogP contribution in [0, 0.1) is 5.82 Å². The minimum absolute atomic E-state index is 0.0836. The van der Waals surface area contributed by atoms with Gasteiger partial charge in [0.15, 0.2) is 0 Å². The second-order valence-electron chi connectivity index (χ2n) is 6.10. The number of aromatic amines is 1. The SMILES string of the molecule is O=C(CCc1nc2ccccc2[nH]c1=O)N1CCc2cc(F)ccc21. The van der Waals surface area contributed by atoms with Crippen LogP contribution in [0.5, 0.6) is 0 Å². The number of anilines is 1. The number of H-pyrrole nitrogens is 1. The first kappa shape index (κ1) is 15.5. The summed E-state index contributed by atoms with van der Waals surface area (Å²) in [6.07, 6.45) is 1.10. The molecule has 0 radical (unpaired) electrons. The third-order valence-corrected chi connectivity index (χ3v) is 4.48. The molecule has 6 heteroatoms. The summed E-state index contributed by atoms with van der Waals surface area (Å²) in [5.74, 6) is -0.375. The van der Waals surface area contributed by atoms with Crippen LogP contribution in [0.15, 0.2) is 47.3 Å². The molecule has 0 fully saturated rings. The lowest BCUT2D eigenvalue weighted by Gasteiger charge is -2.17. The van der Waals surface area contributed by atoms with Gasteiger partial charge in [-0.25, -0.2) is 9.37 Å². The molecule has 1 N–H and O–H groups in total. The first-order chi connectivity index (χ1) is 12.1. The Morgan fingerprint density at radius 2 is 2.08 bits per heavy atom. The van der Waals surface area contributed by atoms with Crippen LogP contribution in [0.2, 0.25) is 0 Å². The van der Waals surface area contributed by atoms with Crippen LogP contribution in [-0.2, 0) is 17.6 Å². The first-order valence-corrected chi connectivity index (χ1v) is 8.18. The van der Waals surface area contributed by atoms with Gasteiger partial charge in [0.25, 0.3) is 5.56 Å². The summed E-state index contributed by atoms with van der Waals surface area (Å²) >= 11 is 0. The molecular weight excluding hydrogens is 321 g/mol. The Balaban J connectivity index is 1.52. The average Bonchev–Trinajstić information content (AvgIpc) is 3.02. The largest absolute Gasteiger partial charge is 0.319 e. The molecule has 0 aliphatic carbocycles. The maximum absolute atomic E-state index is 13.3. The number of halogens is 1. The molecule has 5 nitrogen and oxygen atoms in total. The van der Waals surface area contributed by atoms with Crippen LogP contribution in [0.25, 0.3) is 11.0 Å². The van der Waals surface area contributed by atoms with E-state index in [4.69, 9.17) is 0 Å². The van der Waals surface area contributed by atoms with Crippen molar-refractivity contribution in [2.45, 2.75) is 19.3 Å². The van der Waals surface area contributed by atoms with Gasteiger partial charge in [0.1, 0.15) is 11.5 Å². The fraction of sp³-hybridized carbons (Fsp3) is 0.211. The van der Waals surface area contributed by atoms with E-state index in [1.165, 1.54) is 12.1 Å². The topological polar surface area (TPSA) is 66.1 Å². The zero-order valence-electron chi connectivity index (χ0n) is 13.5. The predicted molar refractivity (Wildman–Crippen MR) is 93.1 cm³/mol. The summed E-state index contributed by atoms with van der Waals surface area (Å²) in [7, 11) is 0. The number of hydrogen-bond acceptors (Lipinski definition) is 3. The molecule has 1 amide bonds. The number of para-hydroxylation sites is 2. The van der Waals surface area contributed by atoms with E-state index in [1.54, 1.807) is 17.0 Å². The van der Waals surface area contributed by atoms with Crippen molar-refractivity contribution in [3.8, 4) is 0 Å². The highest BCUT2D eigenvalue weighted by Crippen LogP contribution is 2.29.